The largest absolute Gasteiger partial charge is 0.349 e. The van der Waals surface area contributed by atoms with E-state index in [4.69, 9.17) is 0 Å². The Balaban J connectivity index is 1.98. The van der Waals surface area contributed by atoms with Gasteiger partial charge in [-0.05, 0) is 68.0 Å². The number of sulfonamides is 1. The number of hydrogen-bond acceptors (Lipinski definition) is 3. The van der Waals surface area contributed by atoms with E-state index in [9.17, 15) is 13.2 Å². The van der Waals surface area contributed by atoms with Crippen molar-refractivity contribution in [1.82, 2.24) is 5.32 Å². The summed E-state index contributed by atoms with van der Waals surface area (Å²) in [4.78, 5) is 12.5. The SMILES string of the molecule is CC[C@H](NC(=O)CCCN(c1cccc(C)c1)S(C)(=O)=O)c1ccc(C)c(C)c1. The van der Waals surface area contributed by atoms with E-state index in [1.165, 1.54) is 21.7 Å². The molecule has 0 fully saturated rings. The zero-order chi connectivity index (χ0) is 21.6. The van der Waals surface area contributed by atoms with Crippen LogP contribution in [-0.2, 0) is 14.8 Å². The second kappa shape index (κ2) is 9.92. The topological polar surface area (TPSA) is 66.5 Å². The van der Waals surface area contributed by atoms with Gasteiger partial charge in [-0.3, -0.25) is 9.10 Å². The molecule has 0 saturated heterocycles. The minimum Gasteiger partial charge on any atom is -0.349 e. The number of carbonyl (C=O) groups excluding carboxylic acids is 1. The molecule has 0 heterocycles. The van der Waals surface area contributed by atoms with E-state index in [1.54, 1.807) is 6.07 Å². The van der Waals surface area contributed by atoms with Crippen molar-refractivity contribution in [2.24, 2.45) is 0 Å². The van der Waals surface area contributed by atoms with Gasteiger partial charge in [0, 0.05) is 13.0 Å². The summed E-state index contributed by atoms with van der Waals surface area (Å²) in [5.74, 6) is -0.0622. The van der Waals surface area contributed by atoms with Crippen LogP contribution in [0.2, 0.25) is 0 Å². The Morgan fingerprint density at radius 2 is 1.79 bits per heavy atom. The van der Waals surface area contributed by atoms with E-state index >= 15 is 0 Å². The van der Waals surface area contributed by atoms with E-state index in [1.807, 2.05) is 32.0 Å². The molecule has 0 unspecified atom stereocenters. The lowest BCUT2D eigenvalue weighted by Crippen LogP contribution is -2.33. The average molecular weight is 417 g/mol. The van der Waals surface area contributed by atoms with Gasteiger partial charge in [0.25, 0.3) is 0 Å². The number of benzene rings is 2. The zero-order valence-electron chi connectivity index (χ0n) is 18.0. The number of nitrogens with zero attached hydrogens (tertiary/aromatic N) is 1. The van der Waals surface area contributed by atoms with Gasteiger partial charge in [0.05, 0.1) is 18.0 Å². The molecular formula is C23H32N2O3S. The highest BCUT2D eigenvalue weighted by Gasteiger charge is 2.18. The van der Waals surface area contributed by atoms with Crippen molar-refractivity contribution in [2.45, 2.75) is 53.0 Å². The van der Waals surface area contributed by atoms with E-state index in [2.05, 4.69) is 37.4 Å². The van der Waals surface area contributed by atoms with Crippen molar-refractivity contribution in [3.05, 3.63) is 64.7 Å². The summed E-state index contributed by atoms with van der Waals surface area (Å²) in [6, 6.07) is 13.6. The summed E-state index contributed by atoms with van der Waals surface area (Å²) < 4.78 is 25.8. The Morgan fingerprint density at radius 3 is 2.38 bits per heavy atom. The monoisotopic (exact) mass is 416 g/mol. The van der Waals surface area contributed by atoms with Crippen molar-refractivity contribution in [3.8, 4) is 0 Å². The van der Waals surface area contributed by atoms with Gasteiger partial charge in [-0.2, -0.15) is 0 Å². The average Bonchev–Trinajstić information content (AvgIpc) is 2.64. The summed E-state index contributed by atoms with van der Waals surface area (Å²) in [5, 5.41) is 3.08. The summed E-state index contributed by atoms with van der Waals surface area (Å²) >= 11 is 0. The van der Waals surface area contributed by atoms with Gasteiger partial charge in [0.2, 0.25) is 15.9 Å². The second-order valence-electron chi connectivity index (χ2n) is 7.65. The Labute approximate surface area is 175 Å². The van der Waals surface area contributed by atoms with Gasteiger partial charge in [0.1, 0.15) is 0 Å². The number of anilines is 1. The van der Waals surface area contributed by atoms with Crippen LogP contribution < -0.4 is 9.62 Å². The third kappa shape index (κ3) is 6.60. The molecule has 5 nitrogen and oxygen atoms in total. The first-order chi connectivity index (χ1) is 13.6. The highest BCUT2D eigenvalue weighted by molar-refractivity contribution is 7.92. The van der Waals surface area contributed by atoms with Crippen LogP contribution in [0.1, 0.15) is 54.5 Å². The fourth-order valence-corrected chi connectivity index (χ4v) is 4.28. The zero-order valence-corrected chi connectivity index (χ0v) is 18.8. The minimum atomic E-state index is -3.41. The third-order valence-electron chi connectivity index (χ3n) is 5.13. The van der Waals surface area contributed by atoms with Crippen LogP contribution >= 0.6 is 0 Å². The van der Waals surface area contributed by atoms with E-state index < -0.39 is 10.0 Å². The quantitative estimate of drug-likeness (QED) is 0.658. The molecule has 0 saturated carbocycles. The maximum atomic E-state index is 12.5. The minimum absolute atomic E-state index is 0.0374. The molecule has 29 heavy (non-hydrogen) atoms. The van der Waals surface area contributed by atoms with Crippen molar-refractivity contribution in [1.29, 1.82) is 0 Å². The first kappa shape index (κ1) is 22.9. The molecule has 2 aromatic carbocycles. The lowest BCUT2D eigenvalue weighted by molar-refractivity contribution is -0.121. The predicted molar refractivity (Wildman–Crippen MR) is 120 cm³/mol. The van der Waals surface area contributed by atoms with Gasteiger partial charge in [-0.25, -0.2) is 8.42 Å². The van der Waals surface area contributed by atoms with Gasteiger partial charge < -0.3 is 5.32 Å². The molecule has 0 aliphatic rings. The van der Waals surface area contributed by atoms with Crippen LogP contribution in [0.4, 0.5) is 5.69 Å². The van der Waals surface area contributed by atoms with Gasteiger partial charge >= 0.3 is 0 Å². The Kier molecular flexibility index (Phi) is 7.85. The maximum absolute atomic E-state index is 12.5. The van der Waals surface area contributed by atoms with Crippen LogP contribution in [-0.4, -0.2) is 27.1 Å². The summed E-state index contributed by atoms with van der Waals surface area (Å²) in [6.45, 7) is 8.38. The molecule has 1 N–H and O–H groups in total. The highest BCUT2D eigenvalue weighted by Crippen LogP contribution is 2.21. The standard InChI is InChI=1S/C23H32N2O3S/c1-6-22(20-13-12-18(3)19(4)16-20)24-23(26)11-8-14-25(29(5,27)28)21-10-7-9-17(2)15-21/h7,9-10,12-13,15-16,22H,6,8,11,14H2,1-5H3,(H,24,26)/t22-/m0/s1. The first-order valence-corrected chi connectivity index (χ1v) is 11.9. The highest BCUT2D eigenvalue weighted by atomic mass is 32.2. The molecule has 0 spiro atoms. The number of aryl methyl sites for hydroxylation is 3. The van der Waals surface area contributed by atoms with E-state index in [0.29, 0.717) is 12.1 Å². The molecule has 158 valence electrons. The van der Waals surface area contributed by atoms with Gasteiger partial charge in [-0.1, -0.05) is 37.3 Å². The maximum Gasteiger partial charge on any atom is 0.232 e. The van der Waals surface area contributed by atoms with Gasteiger partial charge in [0.15, 0.2) is 0 Å². The third-order valence-corrected chi connectivity index (χ3v) is 6.33. The second-order valence-corrected chi connectivity index (χ2v) is 9.56. The number of carbonyl (C=O) groups is 1. The lowest BCUT2D eigenvalue weighted by Gasteiger charge is -2.23. The van der Waals surface area contributed by atoms with Crippen molar-refractivity contribution < 1.29 is 13.2 Å². The van der Waals surface area contributed by atoms with Crippen LogP contribution in [0.15, 0.2) is 42.5 Å². The number of nitrogens with one attached hydrogen (secondary N) is 1. The Hall–Kier alpha value is -2.34. The first-order valence-electron chi connectivity index (χ1n) is 10.0. The van der Waals surface area contributed by atoms with Crippen molar-refractivity contribution in [3.63, 3.8) is 0 Å². The molecule has 0 aromatic heterocycles. The summed E-state index contributed by atoms with van der Waals surface area (Å²) in [5.41, 5.74) is 5.16. The molecule has 0 bridgehead atoms. The number of hydrogen-bond donors (Lipinski definition) is 1. The molecule has 2 aromatic rings. The molecule has 2 rings (SSSR count). The molecule has 0 aliphatic carbocycles. The molecule has 1 atom stereocenters. The van der Waals surface area contributed by atoms with E-state index in [0.717, 1.165) is 17.5 Å². The Morgan fingerprint density at radius 1 is 1.07 bits per heavy atom. The number of amides is 1. The molecular weight excluding hydrogens is 384 g/mol. The summed E-state index contributed by atoms with van der Waals surface area (Å²) in [7, 11) is -3.41. The fourth-order valence-electron chi connectivity index (χ4n) is 3.32. The lowest BCUT2D eigenvalue weighted by atomic mass is 9.99. The van der Waals surface area contributed by atoms with E-state index in [-0.39, 0.29) is 24.9 Å². The van der Waals surface area contributed by atoms with Crippen LogP contribution in [0.25, 0.3) is 0 Å². The predicted octanol–water partition coefficient (Wildman–Crippen LogP) is 4.43. The normalized spacial score (nSPS) is 12.4. The molecule has 1 amide bonds. The smallest absolute Gasteiger partial charge is 0.232 e. The fraction of sp³-hybridized carbons (Fsp3) is 0.435. The van der Waals surface area contributed by atoms with Crippen LogP contribution in [0.5, 0.6) is 0 Å². The molecule has 0 radical (unpaired) electrons. The van der Waals surface area contributed by atoms with Crippen LogP contribution in [0.3, 0.4) is 0 Å². The van der Waals surface area contributed by atoms with Gasteiger partial charge in [-0.15, -0.1) is 0 Å². The Bertz CT molecular complexity index is 954. The van der Waals surface area contributed by atoms with Crippen molar-refractivity contribution >= 4 is 21.6 Å². The molecule has 6 heteroatoms. The van der Waals surface area contributed by atoms with Crippen molar-refractivity contribution in [2.75, 3.05) is 17.1 Å². The van der Waals surface area contributed by atoms with Crippen LogP contribution in [0, 0.1) is 20.8 Å². The molecule has 0 aliphatic heterocycles. The number of rotatable bonds is 9. The summed E-state index contributed by atoms with van der Waals surface area (Å²) in [6.07, 6.45) is 2.73.